The second kappa shape index (κ2) is 8.73. The molecule has 2 aromatic carbocycles. The van der Waals surface area contributed by atoms with Gasteiger partial charge in [-0.25, -0.2) is 0 Å². The number of benzene rings is 2. The quantitative estimate of drug-likeness (QED) is 0.800. The van der Waals surface area contributed by atoms with Gasteiger partial charge >= 0.3 is 0 Å². The minimum atomic E-state index is -0.741. The number of nitrogens with one attached hydrogen (secondary N) is 1. The molecule has 0 aliphatic carbocycles. The zero-order valence-corrected chi connectivity index (χ0v) is 15.8. The van der Waals surface area contributed by atoms with E-state index in [-0.39, 0.29) is 18.4 Å². The Bertz CT molecular complexity index is 866. The smallest absolute Gasteiger partial charge is 0.262 e. The Labute approximate surface area is 163 Å². The lowest BCUT2D eigenvalue weighted by Gasteiger charge is -2.33. The monoisotopic (exact) mass is 384 g/mol. The number of halogens is 1. The highest BCUT2D eigenvalue weighted by Crippen LogP contribution is 2.33. The molecular formula is C21H21ClN2O3. The van der Waals surface area contributed by atoms with E-state index in [1.807, 2.05) is 31.2 Å². The van der Waals surface area contributed by atoms with E-state index in [2.05, 4.69) is 5.32 Å². The summed E-state index contributed by atoms with van der Waals surface area (Å²) >= 11 is 5.98. The molecule has 1 atom stereocenters. The Kier molecular flexibility index (Phi) is 6.14. The number of amides is 2. The fraction of sp³-hybridized carbons (Fsp3) is 0.238. The van der Waals surface area contributed by atoms with Crippen molar-refractivity contribution in [2.45, 2.75) is 19.4 Å². The molecule has 0 saturated carbocycles. The number of carbonyl (C=O) groups is 2. The van der Waals surface area contributed by atoms with Gasteiger partial charge in [0, 0.05) is 17.6 Å². The highest BCUT2D eigenvalue weighted by Gasteiger charge is 2.32. The topological polar surface area (TPSA) is 58.6 Å². The summed E-state index contributed by atoms with van der Waals surface area (Å²) in [7, 11) is 0. The Balaban J connectivity index is 1.81. The molecule has 0 spiro atoms. The first-order valence-electron chi connectivity index (χ1n) is 8.87. The van der Waals surface area contributed by atoms with E-state index in [1.165, 1.54) is 6.08 Å². The van der Waals surface area contributed by atoms with E-state index in [4.69, 9.17) is 16.3 Å². The van der Waals surface area contributed by atoms with Gasteiger partial charge in [0.15, 0.2) is 6.10 Å². The van der Waals surface area contributed by atoms with Crippen LogP contribution in [0.15, 0.2) is 54.6 Å². The molecule has 0 aromatic heterocycles. The number of ether oxygens (including phenoxy) is 1. The standard InChI is InChI=1S/C21H21ClN2O3/c1-2-12-23-21(26)19-14-24(17-8-3-4-9-18(17)27-19)20(25)11-10-15-6-5-7-16(22)13-15/h3-11,13,19H,2,12,14H2,1H3,(H,23,26)/b11-10+/t19-/m1/s1. The Hall–Kier alpha value is -2.79. The zero-order valence-electron chi connectivity index (χ0n) is 15.0. The number of fused-ring (bicyclic) bond motifs is 1. The van der Waals surface area contributed by atoms with Crippen LogP contribution in [0.4, 0.5) is 5.69 Å². The van der Waals surface area contributed by atoms with Crippen LogP contribution >= 0.6 is 11.6 Å². The maximum atomic E-state index is 12.8. The fourth-order valence-corrected chi connectivity index (χ4v) is 3.01. The van der Waals surface area contributed by atoms with E-state index >= 15 is 0 Å². The summed E-state index contributed by atoms with van der Waals surface area (Å²) in [5.41, 5.74) is 1.48. The third kappa shape index (κ3) is 4.68. The van der Waals surface area contributed by atoms with Crippen molar-refractivity contribution in [2.75, 3.05) is 18.0 Å². The minimum absolute atomic E-state index is 0.158. The van der Waals surface area contributed by atoms with E-state index < -0.39 is 6.10 Å². The molecule has 2 amide bonds. The molecule has 27 heavy (non-hydrogen) atoms. The summed E-state index contributed by atoms with van der Waals surface area (Å²) in [4.78, 5) is 26.7. The lowest BCUT2D eigenvalue weighted by molar-refractivity contribution is -0.128. The van der Waals surface area contributed by atoms with Crippen LogP contribution in [0.1, 0.15) is 18.9 Å². The van der Waals surface area contributed by atoms with Crippen LogP contribution in [0.2, 0.25) is 5.02 Å². The van der Waals surface area contributed by atoms with E-state index in [9.17, 15) is 9.59 Å². The van der Waals surface area contributed by atoms with Crippen molar-refractivity contribution in [3.63, 3.8) is 0 Å². The third-order valence-corrected chi connectivity index (χ3v) is 4.38. The average Bonchev–Trinajstić information content (AvgIpc) is 2.69. The van der Waals surface area contributed by atoms with Gasteiger partial charge in [0.1, 0.15) is 5.75 Å². The van der Waals surface area contributed by atoms with Gasteiger partial charge in [-0.05, 0) is 42.3 Å². The van der Waals surface area contributed by atoms with Crippen molar-refractivity contribution in [3.05, 3.63) is 65.2 Å². The molecule has 0 radical (unpaired) electrons. The SMILES string of the molecule is CCCNC(=O)[C@H]1CN(C(=O)/C=C/c2cccc(Cl)c2)c2ccccc2O1. The van der Waals surface area contributed by atoms with Gasteiger partial charge in [-0.15, -0.1) is 0 Å². The predicted molar refractivity (Wildman–Crippen MR) is 107 cm³/mol. The third-order valence-electron chi connectivity index (χ3n) is 4.15. The second-order valence-electron chi connectivity index (χ2n) is 6.20. The first-order valence-corrected chi connectivity index (χ1v) is 9.25. The molecule has 1 N–H and O–H groups in total. The molecule has 1 heterocycles. The highest BCUT2D eigenvalue weighted by atomic mass is 35.5. The van der Waals surface area contributed by atoms with Crippen molar-refractivity contribution in [1.82, 2.24) is 5.32 Å². The maximum absolute atomic E-state index is 12.8. The minimum Gasteiger partial charge on any atom is -0.477 e. The number of hydrogen-bond acceptors (Lipinski definition) is 3. The number of carbonyl (C=O) groups excluding carboxylic acids is 2. The van der Waals surface area contributed by atoms with Crippen molar-refractivity contribution in [1.29, 1.82) is 0 Å². The molecular weight excluding hydrogens is 364 g/mol. The lowest BCUT2D eigenvalue weighted by Crippen LogP contribution is -2.50. The van der Waals surface area contributed by atoms with Gasteiger partial charge in [0.25, 0.3) is 11.8 Å². The summed E-state index contributed by atoms with van der Waals surface area (Å²) in [6.45, 7) is 2.71. The number of rotatable bonds is 5. The van der Waals surface area contributed by atoms with Crippen LogP contribution in [0.5, 0.6) is 5.75 Å². The molecule has 0 unspecified atom stereocenters. The van der Waals surface area contributed by atoms with Crippen molar-refractivity contribution >= 4 is 35.2 Å². The van der Waals surface area contributed by atoms with E-state index in [0.29, 0.717) is 23.0 Å². The maximum Gasteiger partial charge on any atom is 0.262 e. The Morgan fingerprint density at radius 1 is 1.26 bits per heavy atom. The van der Waals surface area contributed by atoms with Gasteiger partial charge in [-0.2, -0.15) is 0 Å². The lowest BCUT2D eigenvalue weighted by atomic mass is 10.1. The van der Waals surface area contributed by atoms with E-state index in [1.54, 1.807) is 35.2 Å². The summed E-state index contributed by atoms with van der Waals surface area (Å²) in [5, 5.41) is 3.43. The predicted octanol–water partition coefficient (Wildman–Crippen LogP) is 3.67. The average molecular weight is 385 g/mol. The normalized spacial score (nSPS) is 15.9. The van der Waals surface area contributed by atoms with Gasteiger partial charge in [-0.1, -0.05) is 42.8 Å². The van der Waals surface area contributed by atoms with Crippen LogP contribution in [0.3, 0.4) is 0 Å². The van der Waals surface area contributed by atoms with Crippen LogP contribution in [0, 0.1) is 0 Å². The Morgan fingerprint density at radius 2 is 2.07 bits per heavy atom. The first kappa shape index (κ1) is 19.0. The first-order chi connectivity index (χ1) is 13.1. The van der Waals surface area contributed by atoms with Gasteiger partial charge in [0.2, 0.25) is 0 Å². The zero-order chi connectivity index (χ0) is 19.2. The largest absolute Gasteiger partial charge is 0.477 e. The molecule has 1 aliphatic rings. The highest BCUT2D eigenvalue weighted by molar-refractivity contribution is 6.30. The summed E-state index contributed by atoms with van der Waals surface area (Å²) in [6, 6.07) is 14.5. The van der Waals surface area contributed by atoms with Crippen LogP contribution in [-0.4, -0.2) is 31.0 Å². The molecule has 0 fully saturated rings. The van der Waals surface area contributed by atoms with Crippen molar-refractivity contribution in [2.24, 2.45) is 0 Å². The molecule has 2 aromatic rings. The second-order valence-corrected chi connectivity index (χ2v) is 6.64. The fourth-order valence-electron chi connectivity index (χ4n) is 2.81. The summed E-state index contributed by atoms with van der Waals surface area (Å²) in [5.74, 6) is 0.0758. The summed E-state index contributed by atoms with van der Waals surface area (Å²) in [6.07, 6.45) is 3.28. The number of para-hydroxylation sites is 2. The molecule has 0 bridgehead atoms. The number of hydrogen-bond donors (Lipinski definition) is 1. The number of anilines is 1. The van der Waals surface area contributed by atoms with Crippen molar-refractivity contribution in [3.8, 4) is 5.75 Å². The van der Waals surface area contributed by atoms with Gasteiger partial charge in [0.05, 0.1) is 12.2 Å². The van der Waals surface area contributed by atoms with Crippen LogP contribution in [-0.2, 0) is 9.59 Å². The molecule has 1 aliphatic heterocycles. The van der Waals surface area contributed by atoms with Crippen LogP contribution < -0.4 is 15.0 Å². The number of nitrogens with zero attached hydrogens (tertiary/aromatic N) is 1. The van der Waals surface area contributed by atoms with E-state index in [0.717, 1.165) is 12.0 Å². The molecule has 3 rings (SSSR count). The van der Waals surface area contributed by atoms with Gasteiger partial charge < -0.3 is 15.0 Å². The molecule has 5 nitrogen and oxygen atoms in total. The molecule has 6 heteroatoms. The molecule has 0 saturated heterocycles. The van der Waals surface area contributed by atoms with Gasteiger partial charge in [-0.3, -0.25) is 9.59 Å². The molecule has 140 valence electrons. The van der Waals surface area contributed by atoms with Crippen molar-refractivity contribution < 1.29 is 14.3 Å². The van der Waals surface area contributed by atoms with Crippen LogP contribution in [0.25, 0.3) is 6.08 Å². The Morgan fingerprint density at radius 3 is 2.85 bits per heavy atom. The summed E-state index contributed by atoms with van der Waals surface area (Å²) < 4.78 is 5.80.